The van der Waals surface area contributed by atoms with Crippen LogP contribution < -0.4 is 10.1 Å². The molecule has 1 atom stereocenters. The molecule has 0 saturated carbocycles. The van der Waals surface area contributed by atoms with Gasteiger partial charge < -0.3 is 15.0 Å². The summed E-state index contributed by atoms with van der Waals surface area (Å²) in [5, 5.41) is 2.67. The van der Waals surface area contributed by atoms with Crippen molar-refractivity contribution in [1.29, 1.82) is 0 Å². The molecule has 5 nitrogen and oxygen atoms in total. The van der Waals surface area contributed by atoms with E-state index in [9.17, 15) is 9.59 Å². The zero-order valence-corrected chi connectivity index (χ0v) is 19.0. The Hall–Kier alpha value is -2.82. The first-order valence-corrected chi connectivity index (χ1v) is 10.5. The number of rotatable bonds is 8. The van der Waals surface area contributed by atoms with Gasteiger partial charge in [0.15, 0.2) is 6.61 Å². The quantitative estimate of drug-likeness (QED) is 0.709. The van der Waals surface area contributed by atoms with Crippen LogP contribution in [0, 0.1) is 6.92 Å². The van der Waals surface area contributed by atoms with Gasteiger partial charge in [-0.05, 0) is 42.0 Å². The van der Waals surface area contributed by atoms with Gasteiger partial charge in [0.2, 0.25) is 5.91 Å². The van der Waals surface area contributed by atoms with Crippen LogP contribution in [0.25, 0.3) is 0 Å². The van der Waals surface area contributed by atoms with Crippen LogP contribution in [0.2, 0.25) is 0 Å². The Kier molecular flexibility index (Phi) is 8.04. The first-order valence-electron chi connectivity index (χ1n) is 10.5. The molecule has 2 rings (SSSR count). The first kappa shape index (κ1) is 23.5. The number of carbonyl (C=O) groups excluding carboxylic acids is 2. The normalized spacial score (nSPS) is 12.2. The van der Waals surface area contributed by atoms with Gasteiger partial charge in [-0.15, -0.1) is 0 Å². The van der Waals surface area contributed by atoms with Gasteiger partial charge in [0.25, 0.3) is 5.91 Å². The van der Waals surface area contributed by atoms with Gasteiger partial charge in [-0.3, -0.25) is 9.59 Å². The van der Waals surface area contributed by atoms with E-state index in [4.69, 9.17) is 4.74 Å². The van der Waals surface area contributed by atoms with Crippen LogP contribution in [-0.2, 0) is 21.5 Å². The maximum absolute atomic E-state index is 13.1. The fourth-order valence-corrected chi connectivity index (χ4v) is 3.37. The standard InChI is InChI=1S/C25H34N2O3/c1-7-22(24(29)26-6)27(16-19-10-8-9-18(2)15-19)23(28)17-30-21-13-11-20(12-14-21)25(3,4)5/h8-15,22H,7,16-17H2,1-6H3,(H,26,29)/t22-/m1/s1. The smallest absolute Gasteiger partial charge is 0.261 e. The maximum Gasteiger partial charge on any atom is 0.261 e. The molecule has 0 aliphatic heterocycles. The van der Waals surface area contributed by atoms with Gasteiger partial charge in [-0.2, -0.15) is 0 Å². The molecule has 0 fully saturated rings. The fourth-order valence-electron chi connectivity index (χ4n) is 3.37. The summed E-state index contributed by atoms with van der Waals surface area (Å²) in [6.07, 6.45) is 0.525. The Morgan fingerprint density at radius 3 is 2.30 bits per heavy atom. The molecule has 0 radical (unpaired) electrons. The Bertz CT molecular complexity index is 853. The second-order valence-corrected chi connectivity index (χ2v) is 8.61. The van der Waals surface area contributed by atoms with Gasteiger partial charge in [0, 0.05) is 13.6 Å². The van der Waals surface area contributed by atoms with Crippen LogP contribution in [0.3, 0.4) is 0 Å². The highest BCUT2D eigenvalue weighted by atomic mass is 16.5. The SMILES string of the molecule is CC[C@H](C(=O)NC)N(Cc1cccc(C)c1)C(=O)COc1ccc(C(C)(C)C)cc1. The van der Waals surface area contributed by atoms with E-state index >= 15 is 0 Å². The van der Waals surface area contributed by atoms with E-state index < -0.39 is 6.04 Å². The maximum atomic E-state index is 13.1. The number of carbonyl (C=O) groups is 2. The Morgan fingerprint density at radius 1 is 1.10 bits per heavy atom. The predicted molar refractivity (Wildman–Crippen MR) is 121 cm³/mol. The van der Waals surface area contributed by atoms with Crippen molar-refractivity contribution >= 4 is 11.8 Å². The minimum Gasteiger partial charge on any atom is -0.484 e. The van der Waals surface area contributed by atoms with Crippen LogP contribution in [0.15, 0.2) is 48.5 Å². The first-order chi connectivity index (χ1) is 14.2. The van der Waals surface area contributed by atoms with Crippen LogP contribution >= 0.6 is 0 Å². The van der Waals surface area contributed by atoms with Gasteiger partial charge in [-0.1, -0.05) is 69.7 Å². The summed E-state index contributed by atoms with van der Waals surface area (Å²) < 4.78 is 5.76. The van der Waals surface area contributed by atoms with Crippen molar-refractivity contribution in [2.75, 3.05) is 13.7 Å². The van der Waals surface area contributed by atoms with E-state index in [1.165, 1.54) is 5.56 Å². The van der Waals surface area contributed by atoms with Crippen LogP contribution in [-0.4, -0.2) is 36.4 Å². The number of amides is 2. The molecular weight excluding hydrogens is 376 g/mol. The number of hydrogen-bond acceptors (Lipinski definition) is 3. The molecule has 0 bridgehead atoms. The highest BCUT2D eigenvalue weighted by Crippen LogP contribution is 2.24. The third kappa shape index (κ3) is 6.34. The highest BCUT2D eigenvalue weighted by molar-refractivity contribution is 5.88. The van der Waals surface area contributed by atoms with Gasteiger partial charge in [0.05, 0.1) is 0 Å². The third-order valence-corrected chi connectivity index (χ3v) is 5.15. The van der Waals surface area contributed by atoms with Crippen molar-refractivity contribution in [3.8, 4) is 5.75 Å². The van der Waals surface area contributed by atoms with Gasteiger partial charge >= 0.3 is 0 Å². The Morgan fingerprint density at radius 2 is 1.77 bits per heavy atom. The lowest BCUT2D eigenvalue weighted by Crippen LogP contribution is -2.49. The van der Waals surface area contributed by atoms with Crippen LogP contribution in [0.1, 0.15) is 50.8 Å². The average Bonchev–Trinajstić information content (AvgIpc) is 2.71. The summed E-state index contributed by atoms with van der Waals surface area (Å²) in [4.78, 5) is 27.1. The van der Waals surface area contributed by atoms with Crippen molar-refractivity contribution in [3.05, 3.63) is 65.2 Å². The van der Waals surface area contributed by atoms with E-state index in [1.807, 2.05) is 62.4 Å². The average molecular weight is 411 g/mol. The van der Waals surface area contributed by atoms with E-state index in [-0.39, 0.29) is 23.8 Å². The molecule has 5 heteroatoms. The number of benzene rings is 2. The van der Waals surface area contributed by atoms with E-state index in [2.05, 4.69) is 26.1 Å². The molecule has 0 heterocycles. The van der Waals surface area contributed by atoms with E-state index in [1.54, 1.807) is 11.9 Å². The highest BCUT2D eigenvalue weighted by Gasteiger charge is 2.28. The summed E-state index contributed by atoms with van der Waals surface area (Å²) >= 11 is 0. The summed E-state index contributed by atoms with van der Waals surface area (Å²) in [7, 11) is 1.59. The number of aryl methyl sites for hydroxylation is 1. The van der Waals surface area contributed by atoms with Crippen LogP contribution in [0.5, 0.6) is 5.75 Å². The second kappa shape index (κ2) is 10.3. The molecular formula is C25H34N2O3. The number of likely N-dealkylation sites (N-methyl/N-ethyl adjacent to an activating group) is 1. The molecule has 0 spiro atoms. The Labute approximate surface area is 180 Å². The largest absolute Gasteiger partial charge is 0.484 e. The van der Waals surface area contributed by atoms with Crippen molar-refractivity contribution in [3.63, 3.8) is 0 Å². The molecule has 2 aromatic rings. The van der Waals surface area contributed by atoms with Crippen molar-refractivity contribution in [1.82, 2.24) is 10.2 Å². The molecule has 2 amide bonds. The minimum atomic E-state index is -0.546. The molecule has 0 aliphatic carbocycles. The molecule has 2 aromatic carbocycles. The molecule has 1 N–H and O–H groups in total. The lowest BCUT2D eigenvalue weighted by atomic mass is 9.87. The number of ether oxygens (including phenoxy) is 1. The molecule has 0 saturated heterocycles. The topological polar surface area (TPSA) is 58.6 Å². The molecule has 30 heavy (non-hydrogen) atoms. The van der Waals surface area contributed by atoms with Crippen molar-refractivity contribution in [2.24, 2.45) is 0 Å². The molecule has 0 aliphatic rings. The number of hydrogen-bond donors (Lipinski definition) is 1. The molecule has 0 aromatic heterocycles. The van der Waals surface area contributed by atoms with Crippen molar-refractivity contribution < 1.29 is 14.3 Å². The fraction of sp³-hybridized carbons (Fsp3) is 0.440. The van der Waals surface area contributed by atoms with Crippen LogP contribution in [0.4, 0.5) is 0 Å². The zero-order valence-electron chi connectivity index (χ0n) is 19.0. The second-order valence-electron chi connectivity index (χ2n) is 8.61. The minimum absolute atomic E-state index is 0.0564. The number of nitrogens with one attached hydrogen (secondary N) is 1. The van der Waals surface area contributed by atoms with Gasteiger partial charge in [0.1, 0.15) is 11.8 Å². The lowest BCUT2D eigenvalue weighted by molar-refractivity contribution is -0.142. The predicted octanol–water partition coefficient (Wildman–Crippen LogP) is 4.22. The van der Waals surface area contributed by atoms with Gasteiger partial charge in [-0.25, -0.2) is 0 Å². The summed E-state index contributed by atoms with van der Waals surface area (Å²) in [5.74, 6) is 0.250. The zero-order chi connectivity index (χ0) is 22.3. The number of nitrogens with zero attached hydrogens (tertiary/aromatic N) is 1. The molecule has 0 unspecified atom stereocenters. The van der Waals surface area contributed by atoms with Crippen molar-refractivity contribution in [2.45, 2.75) is 59.0 Å². The monoisotopic (exact) mass is 410 g/mol. The summed E-state index contributed by atoms with van der Waals surface area (Å²) in [5.41, 5.74) is 3.36. The Balaban J connectivity index is 2.16. The van der Waals surface area contributed by atoms with E-state index in [0.29, 0.717) is 18.7 Å². The third-order valence-electron chi connectivity index (χ3n) is 5.15. The summed E-state index contributed by atoms with van der Waals surface area (Å²) in [6, 6.07) is 15.2. The lowest BCUT2D eigenvalue weighted by Gasteiger charge is -2.30. The van der Waals surface area contributed by atoms with E-state index in [0.717, 1.165) is 11.1 Å². The molecule has 162 valence electrons. The summed E-state index contributed by atoms with van der Waals surface area (Å²) in [6.45, 7) is 10.6.